The number of halogens is 4. The molecule has 1 unspecified atom stereocenters. The fourth-order valence-electron chi connectivity index (χ4n) is 2.34. The summed E-state index contributed by atoms with van der Waals surface area (Å²) in [6.45, 7) is 3.84. The summed E-state index contributed by atoms with van der Waals surface area (Å²) in [6, 6.07) is 4.54. The van der Waals surface area contributed by atoms with Gasteiger partial charge in [-0.15, -0.1) is 0 Å². The number of morpholine rings is 1. The molecule has 2 nitrogen and oxygen atoms in total. The van der Waals surface area contributed by atoms with Crippen LogP contribution in [-0.2, 0) is 16.2 Å². The summed E-state index contributed by atoms with van der Waals surface area (Å²) >= 11 is 3.11. The first kappa shape index (κ1) is 15.6. The molecule has 1 atom stereocenters. The molecule has 1 heterocycles. The largest absolute Gasteiger partial charge is 0.416 e. The zero-order valence-electron chi connectivity index (χ0n) is 11.2. The highest BCUT2D eigenvalue weighted by molar-refractivity contribution is 9.08. The number of anilines is 1. The molecule has 0 aromatic heterocycles. The maximum absolute atomic E-state index is 13.1. The first-order chi connectivity index (χ1) is 9.45. The number of hydrogen-bond acceptors (Lipinski definition) is 2. The van der Waals surface area contributed by atoms with Gasteiger partial charge in [0.15, 0.2) is 0 Å². The van der Waals surface area contributed by atoms with Gasteiger partial charge in [-0.2, -0.15) is 13.2 Å². The Morgan fingerprint density at radius 2 is 2.15 bits per heavy atom. The van der Waals surface area contributed by atoms with Crippen molar-refractivity contribution in [2.45, 2.75) is 31.0 Å². The summed E-state index contributed by atoms with van der Waals surface area (Å²) in [6.07, 6.45) is -3.37. The van der Waals surface area contributed by atoms with Crippen LogP contribution in [0.2, 0.25) is 0 Å². The molecule has 1 aliphatic rings. The van der Waals surface area contributed by atoms with Crippen LogP contribution in [0, 0.1) is 0 Å². The molecule has 6 heteroatoms. The van der Waals surface area contributed by atoms with Gasteiger partial charge in [0.2, 0.25) is 0 Å². The summed E-state index contributed by atoms with van der Waals surface area (Å²) in [5.41, 5.74) is 0.316. The Kier molecular flexibility index (Phi) is 4.96. The average molecular weight is 352 g/mol. The van der Waals surface area contributed by atoms with Crippen LogP contribution < -0.4 is 4.90 Å². The standard InChI is InChI=1S/C14H17BrF3NO/c1-2-12-9-19(5-6-20-12)11-4-3-10(8-15)13(7-11)14(16,17)18/h3-4,7,12H,2,5-6,8-9H2,1H3. The molecular formula is C14H17BrF3NO. The van der Waals surface area contributed by atoms with E-state index >= 15 is 0 Å². The zero-order chi connectivity index (χ0) is 14.8. The van der Waals surface area contributed by atoms with Gasteiger partial charge in [-0.1, -0.05) is 28.9 Å². The Labute approximate surface area is 125 Å². The Morgan fingerprint density at radius 3 is 2.75 bits per heavy atom. The van der Waals surface area contributed by atoms with Crippen LogP contribution in [0.5, 0.6) is 0 Å². The first-order valence-corrected chi connectivity index (χ1v) is 7.70. The number of benzene rings is 1. The highest BCUT2D eigenvalue weighted by atomic mass is 79.9. The van der Waals surface area contributed by atoms with Crippen molar-refractivity contribution in [3.8, 4) is 0 Å². The van der Waals surface area contributed by atoms with Crippen LogP contribution in [0.3, 0.4) is 0 Å². The molecule has 1 fully saturated rings. The molecule has 1 aromatic rings. The minimum Gasteiger partial charge on any atom is -0.375 e. The quantitative estimate of drug-likeness (QED) is 0.756. The van der Waals surface area contributed by atoms with Gasteiger partial charge in [-0.25, -0.2) is 0 Å². The van der Waals surface area contributed by atoms with E-state index in [0.717, 1.165) is 6.42 Å². The van der Waals surface area contributed by atoms with Gasteiger partial charge in [0.1, 0.15) is 0 Å². The molecule has 1 aromatic carbocycles. The van der Waals surface area contributed by atoms with Gasteiger partial charge < -0.3 is 9.64 Å². The lowest BCUT2D eigenvalue weighted by atomic mass is 10.1. The summed E-state index contributed by atoms with van der Waals surface area (Å²) in [5.74, 6) is 0. The van der Waals surface area contributed by atoms with Crippen molar-refractivity contribution in [3.05, 3.63) is 29.3 Å². The predicted octanol–water partition coefficient (Wildman–Crippen LogP) is 4.22. The van der Waals surface area contributed by atoms with Crippen LogP contribution in [-0.4, -0.2) is 25.8 Å². The number of nitrogens with zero attached hydrogens (tertiary/aromatic N) is 1. The summed E-state index contributed by atoms with van der Waals surface area (Å²) < 4.78 is 44.7. The molecule has 1 saturated heterocycles. The molecule has 1 aliphatic heterocycles. The van der Waals surface area contributed by atoms with Crippen molar-refractivity contribution in [3.63, 3.8) is 0 Å². The van der Waals surface area contributed by atoms with Crippen LogP contribution in [0.4, 0.5) is 18.9 Å². The molecular weight excluding hydrogens is 335 g/mol. The van der Waals surface area contributed by atoms with E-state index in [2.05, 4.69) is 15.9 Å². The first-order valence-electron chi connectivity index (χ1n) is 6.58. The van der Waals surface area contributed by atoms with Crippen LogP contribution in [0.1, 0.15) is 24.5 Å². The Hall–Kier alpha value is -0.750. The van der Waals surface area contributed by atoms with E-state index < -0.39 is 11.7 Å². The fourth-order valence-corrected chi connectivity index (χ4v) is 2.83. The molecule has 0 saturated carbocycles. The summed E-state index contributed by atoms with van der Waals surface area (Å²) in [4.78, 5) is 1.96. The van der Waals surface area contributed by atoms with Crippen LogP contribution >= 0.6 is 15.9 Å². The van der Waals surface area contributed by atoms with Crippen LogP contribution in [0.25, 0.3) is 0 Å². The van der Waals surface area contributed by atoms with E-state index in [-0.39, 0.29) is 17.0 Å². The van der Waals surface area contributed by atoms with Crippen molar-refractivity contribution in [2.75, 3.05) is 24.6 Å². The Morgan fingerprint density at radius 1 is 1.40 bits per heavy atom. The molecule has 112 valence electrons. The van der Waals surface area contributed by atoms with E-state index in [9.17, 15) is 13.2 Å². The van der Waals surface area contributed by atoms with E-state index in [0.29, 0.717) is 25.4 Å². The van der Waals surface area contributed by atoms with Crippen molar-refractivity contribution < 1.29 is 17.9 Å². The van der Waals surface area contributed by atoms with Crippen molar-refractivity contribution >= 4 is 21.6 Å². The normalized spacial score (nSPS) is 20.2. The zero-order valence-corrected chi connectivity index (χ0v) is 12.8. The lowest BCUT2D eigenvalue weighted by molar-refractivity contribution is -0.138. The molecule has 0 amide bonds. The monoisotopic (exact) mass is 351 g/mol. The highest BCUT2D eigenvalue weighted by Crippen LogP contribution is 2.35. The Balaban J connectivity index is 2.29. The SMILES string of the molecule is CCC1CN(c2ccc(CBr)c(C(F)(F)F)c2)CCO1. The summed E-state index contributed by atoms with van der Waals surface area (Å²) in [7, 11) is 0. The second-order valence-corrected chi connectivity index (χ2v) is 5.38. The minimum absolute atomic E-state index is 0.0916. The van der Waals surface area contributed by atoms with Gasteiger partial charge in [-0.3, -0.25) is 0 Å². The second-order valence-electron chi connectivity index (χ2n) is 4.82. The van der Waals surface area contributed by atoms with Crippen molar-refractivity contribution in [2.24, 2.45) is 0 Å². The van der Waals surface area contributed by atoms with E-state index in [1.54, 1.807) is 12.1 Å². The lowest BCUT2D eigenvalue weighted by Gasteiger charge is -2.34. The third kappa shape index (κ3) is 3.47. The third-order valence-corrected chi connectivity index (χ3v) is 4.11. The number of hydrogen-bond donors (Lipinski definition) is 0. The Bertz CT molecular complexity index is 464. The number of ether oxygens (including phenoxy) is 1. The van der Waals surface area contributed by atoms with Gasteiger partial charge >= 0.3 is 6.18 Å². The number of alkyl halides is 4. The third-order valence-electron chi connectivity index (χ3n) is 3.50. The van der Waals surface area contributed by atoms with Crippen molar-refractivity contribution in [1.82, 2.24) is 0 Å². The molecule has 2 rings (SSSR count). The lowest BCUT2D eigenvalue weighted by Crippen LogP contribution is -2.42. The predicted molar refractivity (Wildman–Crippen MR) is 76.3 cm³/mol. The molecule has 0 aliphatic carbocycles. The second kappa shape index (κ2) is 6.35. The molecule has 0 radical (unpaired) electrons. The number of rotatable bonds is 3. The van der Waals surface area contributed by atoms with E-state index in [1.807, 2.05) is 11.8 Å². The van der Waals surface area contributed by atoms with Gasteiger partial charge in [0.25, 0.3) is 0 Å². The molecule has 20 heavy (non-hydrogen) atoms. The smallest absolute Gasteiger partial charge is 0.375 e. The van der Waals surface area contributed by atoms with E-state index in [1.165, 1.54) is 6.07 Å². The molecule has 0 N–H and O–H groups in total. The fraction of sp³-hybridized carbons (Fsp3) is 0.571. The molecule has 0 spiro atoms. The summed E-state index contributed by atoms with van der Waals surface area (Å²) in [5, 5.41) is 0.197. The average Bonchev–Trinajstić information content (AvgIpc) is 2.45. The van der Waals surface area contributed by atoms with Gasteiger partial charge in [0, 0.05) is 24.1 Å². The van der Waals surface area contributed by atoms with Crippen molar-refractivity contribution in [1.29, 1.82) is 0 Å². The topological polar surface area (TPSA) is 12.5 Å². The van der Waals surface area contributed by atoms with Gasteiger partial charge in [-0.05, 0) is 24.1 Å². The molecule has 0 bridgehead atoms. The van der Waals surface area contributed by atoms with Gasteiger partial charge in [0.05, 0.1) is 18.3 Å². The highest BCUT2D eigenvalue weighted by Gasteiger charge is 2.34. The maximum Gasteiger partial charge on any atom is 0.416 e. The van der Waals surface area contributed by atoms with Crippen LogP contribution in [0.15, 0.2) is 18.2 Å². The maximum atomic E-state index is 13.1. The minimum atomic E-state index is -4.32. The van der Waals surface area contributed by atoms with E-state index in [4.69, 9.17) is 4.74 Å².